The van der Waals surface area contributed by atoms with Gasteiger partial charge in [0.05, 0.1) is 18.8 Å². The van der Waals surface area contributed by atoms with Crippen molar-refractivity contribution in [3.8, 4) is 5.75 Å². The number of likely N-dealkylation sites (tertiary alicyclic amines) is 1. The highest BCUT2D eigenvalue weighted by atomic mass is 16.5. The maximum Gasteiger partial charge on any atom is 0.253 e. The summed E-state index contributed by atoms with van der Waals surface area (Å²) in [6.07, 6.45) is 15.0. The van der Waals surface area contributed by atoms with E-state index in [0.717, 1.165) is 61.2 Å². The molecule has 1 spiro atoms. The lowest BCUT2D eigenvalue weighted by molar-refractivity contribution is -0.189. The minimum absolute atomic E-state index is 0.368. The minimum atomic E-state index is -0.500. The highest BCUT2D eigenvalue weighted by molar-refractivity contribution is 6.09. The Morgan fingerprint density at radius 2 is 1.91 bits per heavy atom. The molecule has 0 radical (unpaired) electrons. The lowest BCUT2D eigenvalue weighted by Gasteiger charge is -2.55. The molecule has 2 aromatic rings. The maximum absolute atomic E-state index is 12.8. The molecule has 0 bridgehead atoms. The zero-order chi connectivity index (χ0) is 24.7. The van der Waals surface area contributed by atoms with Crippen molar-refractivity contribution in [3.63, 3.8) is 0 Å². The largest absolute Gasteiger partial charge is 0.491 e. The summed E-state index contributed by atoms with van der Waals surface area (Å²) in [7, 11) is 0. The second kappa shape index (κ2) is 11.3. The summed E-state index contributed by atoms with van der Waals surface area (Å²) in [5.41, 5.74) is 8.49. The van der Waals surface area contributed by atoms with Gasteiger partial charge in [0.15, 0.2) is 0 Å². The van der Waals surface area contributed by atoms with Crippen molar-refractivity contribution in [1.82, 2.24) is 4.90 Å². The first-order valence-corrected chi connectivity index (χ1v) is 12.1. The molecule has 0 aromatic heterocycles. The first-order chi connectivity index (χ1) is 17.1. The Balaban J connectivity index is 1.64. The van der Waals surface area contributed by atoms with Crippen molar-refractivity contribution in [2.75, 3.05) is 39.5 Å². The summed E-state index contributed by atoms with van der Waals surface area (Å²) < 4.78 is 11.6. The van der Waals surface area contributed by atoms with Gasteiger partial charge in [-0.1, -0.05) is 66.8 Å². The number of allylic oxidation sites excluding steroid dienone is 8. The number of hydrogen-bond acceptors (Lipinski definition) is 4. The molecule has 0 aliphatic carbocycles. The predicted molar refractivity (Wildman–Crippen MR) is 144 cm³/mol. The van der Waals surface area contributed by atoms with Crippen LogP contribution in [0.15, 0.2) is 86.0 Å². The van der Waals surface area contributed by atoms with Crippen molar-refractivity contribution in [2.24, 2.45) is 11.1 Å². The molecule has 2 N–H and O–H groups in total. The third-order valence-corrected chi connectivity index (χ3v) is 6.50. The summed E-state index contributed by atoms with van der Waals surface area (Å²) in [5, 5.41) is 1.97. The molecular formula is C30H34N2O3. The number of ether oxygens (including phenoxy) is 2. The van der Waals surface area contributed by atoms with E-state index in [9.17, 15) is 4.79 Å². The molecular weight excluding hydrogens is 436 g/mol. The van der Waals surface area contributed by atoms with E-state index in [1.54, 1.807) is 0 Å². The second-order valence-electron chi connectivity index (χ2n) is 9.28. The summed E-state index contributed by atoms with van der Waals surface area (Å²) in [6, 6.07) is 9.94. The Labute approximate surface area is 207 Å². The van der Waals surface area contributed by atoms with Gasteiger partial charge in [-0.15, -0.1) is 13.2 Å². The molecule has 1 amide bonds. The average Bonchev–Trinajstić information content (AvgIpc) is 2.79. The van der Waals surface area contributed by atoms with Crippen LogP contribution in [0.25, 0.3) is 16.3 Å². The van der Waals surface area contributed by atoms with Gasteiger partial charge < -0.3 is 15.2 Å². The number of carbonyl (C=O) groups excluding carboxylic acids is 1. The Morgan fingerprint density at radius 3 is 2.60 bits per heavy atom. The molecule has 5 nitrogen and oxygen atoms in total. The van der Waals surface area contributed by atoms with Crippen LogP contribution in [0.4, 0.5) is 0 Å². The molecule has 5 heteroatoms. The number of carbonyl (C=O) groups is 1. The number of amides is 1. The van der Waals surface area contributed by atoms with E-state index in [0.29, 0.717) is 29.8 Å². The van der Waals surface area contributed by atoms with E-state index >= 15 is 0 Å². The molecule has 0 saturated carbocycles. The van der Waals surface area contributed by atoms with Crippen molar-refractivity contribution in [1.29, 1.82) is 0 Å². The SMILES string of the molecule is C=CCC=CC=CC=C(CC=C)c1c(C(N)=O)c(OCCN2CC3(COC3)C2)cc2ccccc12. The predicted octanol–water partition coefficient (Wildman–Crippen LogP) is 5.30. The van der Waals surface area contributed by atoms with E-state index in [1.807, 2.05) is 72.9 Å². The fourth-order valence-corrected chi connectivity index (χ4v) is 4.83. The van der Waals surface area contributed by atoms with E-state index in [2.05, 4.69) is 18.1 Å². The van der Waals surface area contributed by atoms with Crippen LogP contribution in [-0.4, -0.2) is 50.3 Å². The first-order valence-electron chi connectivity index (χ1n) is 12.1. The Kier molecular flexibility index (Phi) is 8.01. The van der Waals surface area contributed by atoms with Gasteiger partial charge in [-0.25, -0.2) is 0 Å². The topological polar surface area (TPSA) is 64.8 Å². The van der Waals surface area contributed by atoms with Crippen molar-refractivity contribution in [3.05, 3.63) is 97.1 Å². The fraction of sp³-hybridized carbons (Fsp3) is 0.300. The van der Waals surface area contributed by atoms with E-state index < -0.39 is 5.91 Å². The lowest BCUT2D eigenvalue weighted by atomic mass is 9.78. The van der Waals surface area contributed by atoms with Crippen molar-refractivity contribution < 1.29 is 14.3 Å². The Hall–Kier alpha value is -3.41. The molecule has 2 aliphatic heterocycles. The number of nitrogens with two attached hydrogens (primary N) is 1. The average molecular weight is 471 g/mol. The van der Waals surface area contributed by atoms with Gasteiger partial charge in [-0.2, -0.15) is 0 Å². The zero-order valence-electron chi connectivity index (χ0n) is 20.2. The van der Waals surface area contributed by atoms with Crippen LogP contribution >= 0.6 is 0 Å². The number of rotatable bonds is 12. The highest BCUT2D eigenvalue weighted by Gasteiger charge is 2.48. The van der Waals surface area contributed by atoms with Crippen LogP contribution in [0.2, 0.25) is 0 Å². The van der Waals surface area contributed by atoms with Gasteiger partial charge in [-0.05, 0) is 35.3 Å². The van der Waals surface area contributed by atoms with Gasteiger partial charge >= 0.3 is 0 Å². The van der Waals surface area contributed by atoms with Gasteiger partial charge in [0.2, 0.25) is 0 Å². The van der Waals surface area contributed by atoms with Crippen LogP contribution in [0.1, 0.15) is 28.8 Å². The van der Waals surface area contributed by atoms with Gasteiger partial charge in [0, 0.05) is 30.6 Å². The van der Waals surface area contributed by atoms with E-state index in [1.165, 1.54) is 0 Å². The molecule has 2 heterocycles. The normalized spacial score (nSPS) is 17.5. The van der Waals surface area contributed by atoms with Gasteiger partial charge in [-0.3, -0.25) is 9.69 Å². The minimum Gasteiger partial charge on any atom is -0.491 e. The number of benzene rings is 2. The Morgan fingerprint density at radius 1 is 1.11 bits per heavy atom. The van der Waals surface area contributed by atoms with Crippen LogP contribution in [0.5, 0.6) is 5.75 Å². The smallest absolute Gasteiger partial charge is 0.253 e. The summed E-state index contributed by atoms with van der Waals surface area (Å²) in [5.74, 6) is 0.0262. The summed E-state index contributed by atoms with van der Waals surface area (Å²) in [6.45, 7) is 12.8. The van der Waals surface area contributed by atoms with E-state index in [4.69, 9.17) is 15.2 Å². The van der Waals surface area contributed by atoms with E-state index in [-0.39, 0.29) is 0 Å². The summed E-state index contributed by atoms with van der Waals surface area (Å²) >= 11 is 0. The quantitative estimate of drug-likeness (QED) is 0.338. The van der Waals surface area contributed by atoms with Crippen LogP contribution < -0.4 is 10.5 Å². The number of primary amides is 1. The molecule has 2 aliphatic rings. The standard InChI is InChI=1S/C30H34N2O3/c1-3-5-6-7-8-9-13-23(12-4-2)27-25-15-11-10-14-24(25)18-26(28(27)29(31)33)35-17-16-32-19-30(20-32)21-34-22-30/h3-4,6-11,13-15,18H,1-2,5,12,16-17,19-22H2,(H2,31,33). The fourth-order valence-electron chi connectivity index (χ4n) is 4.83. The van der Waals surface area contributed by atoms with Crippen LogP contribution in [-0.2, 0) is 4.74 Å². The summed E-state index contributed by atoms with van der Waals surface area (Å²) in [4.78, 5) is 15.1. The van der Waals surface area contributed by atoms with Gasteiger partial charge in [0.25, 0.3) is 5.91 Å². The number of nitrogens with zero attached hydrogens (tertiary/aromatic N) is 1. The molecule has 0 unspecified atom stereocenters. The molecule has 2 aromatic carbocycles. The lowest BCUT2D eigenvalue weighted by Crippen LogP contribution is -2.66. The monoisotopic (exact) mass is 470 g/mol. The first kappa shape index (κ1) is 24.7. The van der Waals surface area contributed by atoms with Crippen molar-refractivity contribution >= 4 is 22.3 Å². The second-order valence-corrected chi connectivity index (χ2v) is 9.28. The van der Waals surface area contributed by atoms with Crippen LogP contribution in [0, 0.1) is 5.41 Å². The number of hydrogen-bond donors (Lipinski definition) is 1. The number of fused-ring (bicyclic) bond motifs is 1. The molecule has 2 saturated heterocycles. The molecule has 2 fully saturated rings. The molecule has 0 atom stereocenters. The maximum atomic E-state index is 12.8. The molecule has 4 rings (SSSR count). The molecule has 182 valence electrons. The molecule has 35 heavy (non-hydrogen) atoms. The zero-order valence-corrected chi connectivity index (χ0v) is 20.2. The third kappa shape index (κ3) is 5.64. The van der Waals surface area contributed by atoms with Gasteiger partial charge in [0.1, 0.15) is 12.4 Å². The van der Waals surface area contributed by atoms with Crippen LogP contribution in [0.3, 0.4) is 0 Å². The highest BCUT2D eigenvalue weighted by Crippen LogP contribution is 2.38. The van der Waals surface area contributed by atoms with Crippen molar-refractivity contribution in [2.45, 2.75) is 12.8 Å². The third-order valence-electron chi connectivity index (χ3n) is 6.50. The Bertz CT molecular complexity index is 1180.